The Morgan fingerprint density at radius 1 is 1.43 bits per heavy atom. The number of nitrogens with zero attached hydrogens (tertiary/aromatic N) is 2. The van der Waals surface area contributed by atoms with Crippen LogP contribution in [-0.2, 0) is 9.53 Å². The second-order valence-corrected chi connectivity index (χ2v) is 6.23. The number of urea groups is 1. The first-order valence-electron chi connectivity index (χ1n) is 7.37. The van der Waals surface area contributed by atoms with Gasteiger partial charge in [-0.25, -0.2) is 9.59 Å². The first-order valence-corrected chi connectivity index (χ1v) is 7.37. The summed E-state index contributed by atoms with van der Waals surface area (Å²) >= 11 is 0. The molecular weight excluding hydrogens is 274 g/mol. The molecule has 0 aromatic heterocycles. The highest BCUT2D eigenvalue weighted by Crippen LogP contribution is 2.35. The van der Waals surface area contributed by atoms with Gasteiger partial charge < -0.3 is 25.0 Å². The first kappa shape index (κ1) is 16.0. The van der Waals surface area contributed by atoms with E-state index in [9.17, 15) is 14.7 Å². The van der Waals surface area contributed by atoms with Gasteiger partial charge in [-0.2, -0.15) is 0 Å². The molecule has 7 nitrogen and oxygen atoms in total. The number of carbonyl (C=O) groups excluding carboxylic acids is 1. The summed E-state index contributed by atoms with van der Waals surface area (Å²) in [7, 11) is 5.57. The number of nitrogens with one attached hydrogen (secondary N) is 1. The SMILES string of the molecule is COC1CC(C(=O)O)N(C(=O)NCC2(N(C)C)CCC2)C1. The molecule has 0 spiro atoms. The molecule has 1 aliphatic carbocycles. The summed E-state index contributed by atoms with van der Waals surface area (Å²) in [5.41, 5.74) is 0.0226. The van der Waals surface area contributed by atoms with Crippen LogP contribution in [0, 0.1) is 0 Å². The average Bonchev–Trinajstić information content (AvgIpc) is 2.81. The number of likely N-dealkylation sites (N-methyl/N-ethyl adjacent to an activating group) is 1. The number of aliphatic carboxylic acids is 1. The quantitative estimate of drug-likeness (QED) is 0.766. The third-order valence-electron chi connectivity index (χ3n) is 4.94. The summed E-state index contributed by atoms with van der Waals surface area (Å²) in [6, 6.07) is -1.11. The topological polar surface area (TPSA) is 82.1 Å². The highest BCUT2D eigenvalue weighted by Gasteiger charge is 2.42. The molecule has 1 saturated carbocycles. The summed E-state index contributed by atoms with van der Waals surface area (Å²) in [6.07, 6.45) is 3.43. The van der Waals surface area contributed by atoms with E-state index in [4.69, 9.17) is 4.74 Å². The molecule has 0 aromatic carbocycles. The first-order chi connectivity index (χ1) is 9.89. The van der Waals surface area contributed by atoms with Crippen molar-refractivity contribution in [2.24, 2.45) is 0 Å². The van der Waals surface area contributed by atoms with Gasteiger partial charge in [0.1, 0.15) is 6.04 Å². The molecule has 2 fully saturated rings. The van der Waals surface area contributed by atoms with Crippen molar-refractivity contribution in [1.82, 2.24) is 15.1 Å². The molecule has 0 radical (unpaired) electrons. The summed E-state index contributed by atoms with van der Waals surface area (Å²) in [5, 5.41) is 12.1. The number of hydrogen-bond acceptors (Lipinski definition) is 4. The Bertz CT molecular complexity index is 409. The fourth-order valence-corrected chi connectivity index (χ4v) is 3.14. The van der Waals surface area contributed by atoms with Crippen molar-refractivity contribution in [3.63, 3.8) is 0 Å². The molecule has 2 amide bonds. The standard InChI is InChI=1S/C14H25N3O4/c1-16(2)14(5-4-6-14)9-15-13(20)17-8-10(21-3)7-11(17)12(18)19/h10-11H,4-9H2,1-3H3,(H,15,20)(H,18,19). The van der Waals surface area contributed by atoms with Crippen LogP contribution in [0.25, 0.3) is 0 Å². The van der Waals surface area contributed by atoms with Gasteiger partial charge in [0, 0.05) is 32.2 Å². The molecule has 0 bridgehead atoms. The van der Waals surface area contributed by atoms with Gasteiger partial charge in [-0.05, 0) is 33.4 Å². The van der Waals surface area contributed by atoms with Crippen molar-refractivity contribution in [3.8, 4) is 0 Å². The number of carbonyl (C=O) groups is 2. The Kier molecular flexibility index (Phi) is 4.73. The van der Waals surface area contributed by atoms with Gasteiger partial charge in [0.05, 0.1) is 6.10 Å². The Labute approximate surface area is 125 Å². The molecule has 1 aliphatic heterocycles. The van der Waals surface area contributed by atoms with Gasteiger partial charge >= 0.3 is 12.0 Å². The van der Waals surface area contributed by atoms with E-state index in [0.29, 0.717) is 19.5 Å². The smallest absolute Gasteiger partial charge is 0.326 e. The molecule has 7 heteroatoms. The van der Waals surface area contributed by atoms with Gasteiger partial charge in [0.25, 0.3) is 0 Å². The Morgan fingerprint density at radius 2 is 2.10 bits per heavy atom. The van der Waals surface area contributed by atoms with E-state index in [2.05, 4.69) is 10.2 Å². The van der Waals surface area contributed by atoms with E-state index in [0.717, 1.165) is 12.8 Å². The van der Waals surface area contributed by atoms with Crippen LogP contribution < -0.4 is 5.32 Å². The second-order valence-electron chi connectivity index (χ2n) is 6.23. The minimum Gasteiger partial charge on any atom is -0.480 e. The largest absolute Gasteiger partial charge is 0.480 e. The van der Waals surface area contributed by atoms with E-state index >= 15 is 0 Å². The van der Waals surface area contributed by atoms with Crippen LogP contribution in [0.3, 0.4) is 0 Å². The third-order valence-corrected chi connectivity index (χ3v) is 4.94. The summed E-state index contributed by atoms with van der Waals surface area (Å²) < 4.78 is 5.19. The summed E-state index contributed by atoms with van der Waals surface area (Å²) in [4.78, 5) is 27.1. The van der Waals surface area contributed by atoms with E-state index in [-0.39, 0.29) is 17.7 Å². The van der Waals surface area contributed by atoms with Crippen LogP contribution in [0.1, 0.15) is 25.7 Å². The average molecular weight is 299 g/mol. The van der Waals surface area contributed by atoms with Crippen LogP contribution in [0.15, 0.2) is 0 Å². The van der Waals surface area contributed by atoms with Crippen LogP contribution in [0.2, 0.25) is 0 Å². The Morgan fingerprint density at radius 3 is 2.52 bits per heavy atom. The lowest BCUT2D eigenvalue weighted by molar-refractivity contribution is -0.141. The number of likely N-dealkylation sites (tertiary alicyclic amines) is 1. The zero-order valence-electron chi connectivity index (χ0n) is 13.0. The van der Waals surface area contributed by atoms with Crippen LogP contribution in [0.5, 0.6) is 0 Å². The Balaban J connectivity index is 1.94. The maximum Gasteiger partial charge on any atom is 0.326 e. The van der Waals surface area contributed by atoms with Gasteiger partial charge in [0.2, 0.25) is 0 Å². The molecule has 2 rings (SSSR count). The number of hydrogen-bond donors (Lipinski definition) is 2. The number of rotatable bonds is 5. The Hall–Kier alpha value is -1.34. The maximum atomic E-state index is 12.3. The lowest BCUT2D eigenvalue weighted by Crippen LogP contribution is -2.59. The molecule has 1 heterocycles. The lowest BCUT2D eigenvalue weighted by atomic mass is 9.75. The van der Waals surface area contributed by atoms with Crippen LogP contribution in [0.4, 0.5) is 4.79 Å². The monoisotopic (exact) mass is 299 g/mol. The fraction of sp³-hybridized carbons (Fsp3) is 0.857. The van der Waals surface area contributed by atoms with Crippen LogP contribution >= 0.6 is 0 Å². The van der Waals surface area contributed by atoms with Gasteiger partial charge in [-0.3, -0.25) is 0 Å². The van der Waals surface area contributed by atoms with E-state index in [1.54, 1.807) is 7.11 Å². The summed E-state index contributed by atoms with van der Waals surface area (Å²) in [6.45, 7) is 0.883. The van der Waals surface area contributed by atoms with E-state index < -0.39 is 12.0 Å². The zero-order valence-corrected chi connectivity index (χ0v) is 13.0. The molecule has 120 valence electrons. The lowest BCUT2D eigenvalue weighted by Gasteiger charge is -2.47. The predicted octanol–water partition coefficient (Wildman–Crippen LogP) is 0.354. The number of amides is 2. The van der Waals surface area contributed by atoms with Crippen molar-refractivity contribution >= 4 is 12.0 Å². The van der Waals surface area contributed by atoms with Gasteiger partial charge in [-0.15, -0.1) is 0 Å². The molecule has 1 saturated heterocycles. The highest BCUT2D eigenvalue weighted by molar-refractivity contribution is 5.83. The molecule has 2 N–H and O–H groups in total. The minimum absolute atomic E-state index is 0.0226. The number of carboxylic acid groups (broad SMARTS) is 1. The molecule has 2 aliphatic rings. The zero-order chi connectivity index (χ0) is 15.6. The molecule has 21 heavy (non-hydrogen) atoms. The number of carboxylic acids is 1. The van der Waals surface area contributed by atoms with Crippen molar-refractivity contribution in [2.45, 2.75) is 43.4 Å². The van der Waals surface area contributed by atoms with Crippen molar-refractivity contribution < 1.29 is 19.4 Å². The van der Waals surface area contributed by atoms with Crippen molar-refractivity contribution in [3.05, 3.63) is 0 Å². The summed E-state index contributed by atoms with van der Waals surface area (Å²) in [5.74, 6) is -0.976. The third kappa shape index (κ3) is 3.13. The van der Waals surface area contributed by atoms with E-state index in [1.807, 2.05) is 14.1 Å². The van der Waals surface area contributed by atoms with Gasteiger partial charge in [0.15, 0.2) is 0 Å². The minimum atomic E-state index is -0.976. The fourth-order valence-electron chi connectivity index (χ4n) is 3.14. The van der Waals surface area contributed by atoms with E-state index in [1.165, 1.54) is 11.3 Å². The van der Waals surface area contributed by atoms with Gasteiger partial charge in [-0.1, -0.05) is 0 Å². The van der Waals surface area contributed by atoms with Crippen molar-refractivity contribution in [1.29, 1.82) is 0 Å². The normalized spacial score (nSPS) is 27.5. The molecule has 2 atom stereocenters. The molecule has 0 aromatic rings. The predicted molar refractivity (Wildman–Crippen MR) is 77.2 cm³/mol. The molecular formula is C14H25N3O4. The maximum absolute atomic E-state index is 12.3. The van der Waals surface area contributed by atoms with Crippen molar-refractivity contribution in [2.75, 3.05) is 34.3 Å². The second kappa shape index (κ2) is 6.19. The highest BCUT2D eigenvalue weighted by atomic mass is 16.5. The van der Waals surface area contributed by atoms with Crippen LogP contribution in [-0.4, -0.2) is 78.9 Å². The number of ether oxygens (including phenoxy) is 1. The number of methoxy groups -OCH3 is 1. The molecule has 2 unspecified atom stereocenters.